The molecular weight excluding hydrogens is 226 g/mol. The Bertz CT molecular complexity index is 276. The molecule has 4 atom stereocenters. The molecule has 0 aromatic carbocycles. The quantitative estimate of drug-likeness (QED) is 0.533. The summed E-state index contributed by atoms with van der Waals surface area (Å²) < 4.78 is 5.05. The van der Waals surface area contributed by atoms with Crippen LogP contribution in [-0.2, 0) is 4.74 Å². The minimum atomic E-state index is -1.07. The third-order valence-corrected chi connectivity index (χ3v) is 2.74. The first-order valence-corrected chi connectivity index (χ1v) is 5.71. The molecule has 1 amide bonds. The molecule has 0 spiro atoms. The van der Waals surface area contributed by atoms with E-state index in [2.05, 4.69) is 5.32 Å². The van der Waals surface area contributed by atoms with Gasteiger partial charge in [-0.25, -0.2) is 4.79 Å². The smallest absolute Gasteiger partial charge is 0.407 e. The number of rotatable bonds is 2. The van der Waals surface area contributed by atoms with Crippen LogP contribution in [0.2, 0.25) is 0 Å². The highest BCUT2D eigenvalue weighted by molar-refractivity contribution is 5.68. The lowest BCUT2D eigenvalue weighted by molar-refractivity contribution is -0.00266. The van der Waals surface area contributed by atoms with Gasteiger partial charge >= 0.3 is 6.09 Å². The Morgan fingerprint density at radius 2 is 1.94 bits per heavy atom. The van der Waals surface area contributed by atoms with Crippen LogP contribution in [0.25, 0.3) is 0 Å². The minimum Gasteiger partial charge on any atom is -0.444 e. The lowest BCUT2D eigenvalue weighted by Crippen LogP contribution is -2.45. The van der Waals surface area contributed by atoms with E-state index in [0.717, 1.165) is 0 Å². The van der Waals surface area contributed by atoms with Crippen molar-refractivity contribution in [1.29, 1.82) is 0 Å². The van der Waals surface area contributed by atoms with Gasteiger partial charge in [-0.05, 0) is 27.2 Å². The largest absolute Gasteiger partial charge is 0.444 e. The molecule has 0 radical (unpaired) electrons. The van der Waals surface area contributed by atoms with E-state index in [1.807, 2.05) is 0 Å². The first kappa shape index (κ1) is 14.2. The summed E-state index contributed by atoms with van der Waals surface area (Å²) in [4.78, 5) is 11.5. The van der Waals surface area contributed by atoms with E-state index in [9.17, 15) is 15.0 Å². The highest BCUT2D eigenvalue weighted by Gasteiger charge is 2.42. The van der Waals surface area contributed by atoms with E-state index >= 15 is 0 Å². The first-order chi connectivity index (χ1) is 7.74. The van der Waals surface area contributed by atoms with Gasteiger partial charge in [-0.2, -0.15) is 0 Å². The van der Waals surface area contributed by atoms with Crippen molar-refractivity contribution in [3.8, 4) is 0 Å². The summed E-state index contributed by atoms with van der Waals surface area (Å²) in [5.41, 5.74) is -0.608. The fourth-order valence-corrected chi connectivity index (χ4v) is 1.91. The van der Waals surface area contributed by atoms with Crippen LogP contribution in [0.1, 0.15) is 27.2 Å². The molecule has 0 saturated heterocycles. The zero-order chi connectivity index (χ0) is 13.2. The highest BCUT2D eigenvalue weighted by Crippen LogP contribution is 2.26. The Morgan fingerprint density at radius 1 is 1.35 bits per heavy atom. The molecule has 0 bridgehead atoms. The predicted octanol–water partition coefficient (Wildman–Crippen LogP) is -0.386. The average molecular weight is 247 g/mol. The van der Waals surface area contributed by atoms with Gasteiger partial charge in [-0.15, -0.1) is 0 Å². The van der Waals surface area contributed by atoms with Crippen molar-refractivity contribution in [1.82, 2.24) is 5.32 Å². The van der Waals surface area contributed by atoms with Crippen LogP contribution in [0.4, 0.5) is 4.79 Å². The van der Waals surface area contributed by atoms with Crippen LogP contribution < -0.4 is 5.32 Å². The van der Waals surface area contributed by atoms with Crippen LogP contribution in [-0.4, -0.2) is 51.9 Å². The van der Waals surface area contributed by atoms with Crippen molar-refractivity contribution in [2.75, 3.05) is 6.61 Å². The van der Waals surface area contributed by atoms with Crippen LogP contribution in [0.5, 0.6) is 0 Å². The van der Waals surface area contributed by atoms with Gasteiger partial charge in [0.05, 0.1) is 12.1 Å². The second kappa shape index (κ2) is 5.20. The van der Waals surface area contributed by atoms with E-state index in [0.29, 0.717) is 6.42 Å². The van der Waals surface area contributed by atoms with E-state index in [-0.39, 0.29) is 6.61 Å². The second-order valence-electron chi connectivity index (χ2n) is 5.41. The Balaban J connectivity index is 2.50. The lowest BCUT2D eigenvalue weighted by Gasteiger charge is -2.23. The maximum absolute atomic E-state index is 11.5. The summed E-state index contributed by atoms with van der Waals surface area (Å²) in [5.74, 6) is -0.412. The summed E-state index contributed by atoms with van der Waals surface area (Å²) in [6, 6.07) is -0.586. The Hall–Kier alpha value is -0.850. The molecule has 1 rings (SSSR count). The van der Waals surface area contributed by atoms with Gasteiger partial charge in [0.2, 0.25) is 0 Å². The molecule has 1 saturated carbocycles. The van der Waals surface area contributed by atoms with Gasteiger partial charge < -0.3 is 25.4 Å². The topological polar surface area (TPSA) is 99.0 Å². The first-order valence-electron chi connectivity index (χ1n) is 5.71. The van der Waals surface area contributed by atoms with Crippen molar-refractivity contribution in [3.63, 3.8) is 0 Å². The molecule has 100 valence electrons. The van der Waals surface area contributed by atoms with Crippen molar-refractivity contribution >= 4 is 6.09 Å². The zero-order valence-electron chi connectivity index (χ0n) is 10.4. The summed E-state index contributed by atoms with van der Waals surface area (Å²) in [6.07, 6.45) is -2.38. The Labute approximate surface area is 101 Å². The van der Waals surface area contributed by atoms with Crippen molar-refractivity contribution in [3.05, 3.63) is 0 Å². The number of aliphatic hydroxyl groups is 3. The van der Waals surface area contributed by atoms with Gasteiger partial charge in [0.25, 0.3) is 0 Å². The molecule has 0 aromatic heterocycles. The van der Waals surface area contributed by atoms with E-state index in [1.165, 1.54) is 0 Å². The van der Waals surface area contributed by atoms with Crippen LogP contribution in [0.15, 0.2) is 0 Å². The number of carbonyl (C=O) groups excluding carboxylic acids is 1. The van der Waals surface area contributed by atoms with Gasteiger partial charge in [-0.3, -0.25) is 0 Å². The fraction of sp³-hybridized carbons (Fsp3) is 0.909. The number of hydrogen-bond acceptors (Lipinski definition) is 5. The molecule has 0 aliphatic heterocycles. The predicted molar refractivity (Wildman–Crippen MR) is 60.4 cm³/mol. The average Bonchev–Trinajstić information content (AvgIpc) is 2.43. The summed E-state index contributed by atoms with van der Waals surface area (Å²) in [7, 11) is 0. The summed E-state index contributed by atoms with van der Waals surface area (Å²) in [5, 5.41) is 30.7. The number of amides is 1. The molecule has 17 heavy (non-hydrogen) atoms. The third-order valence-electron chi connectivity index (χ3n) is 2.74. The molecule has 1 fully saturated rings. The van der Waals surface area contributed by atoms with Gasteiger partial charge in [0.15, 0.2) is 0 Å². The van der Waals surface area contributed by atoms with E-state index in [4.69, 9.17) is 9.84 Å². The molecule has 6 heteroatoms. The number of ether oxygens (including phenoxy) is 1. The van der Waals surface area contributed by atoms with Crippen molar-refractivity contribution in [2.45, 2.75) is 51.0 Å². The third kappa shape index (κ3) is 3.83. The monoisotopic (exact) mass is 247 g/mol. The maximum Gasteiger partial charge on any atom is 0.407 e. The van der Waals surface area contributed by atoms with Gasteiger partial charge in [0, 0.05) is 12.5 Å². The minimum absolute atomic E-state index is 0.218. The van der Waals surface area contributed by atoms with Gasteiger partial charge in [0.1, 0.15) is 11.7 Å². The zero-order valence-corrected chi connectivity index (χ0v) is 10.4. The fourth-order valence-electron chi connectivity index (χ4n) is 1.91. The summed E-state index contributed by atoms with van der Waals surface area (Å²) >= 11 is 0. The number of nitrogens with one attached hydrogen (secondary N) is 1. The van der Waals surface area contributed by atoms with Crippen LogP contribution in [0, 0.1) is 5.92 Å². The van der Waals surface area contributed by atoms with Crippen molar-refractivity contribution in [2.24, 2.45) is 5.92 Å². The maximum atomic E-state index is 11.5. The number of alkyl carbamates (subject to hydrolysis) is 1. The number of carbonyl (C=O) groups is 1. The normalized spacial score (nSPS) is 33.5. The Morgan fingerprint density at radius 3 is 2.35 bits per heavy atom. The highest BCUT2D eigenvalue weighted by atomic mass is 16.6. The second-order valence-corrected chi connectivity index (χ2v) is 5.41. The van der Waals surface area contributed by atoms with Crippen LogP contribution >= 0.6 is 0 Å². The Kier molecular flexibility index (Phi) is 4.35. The molecule has 0 unspecified atom stereocenters. The number of hydrogen-bond donors (Lipinski definition) is 4. The molecule has 0 aromatic rings. The molecule has 0 heterocycles. The van der Waals surface area contributed by atoms with Gasteiger partial charge in [-0.1, -0.05) is 0 Å². The summed E-state index contributed by atoms with van der Waals surface area (Å²) in [6.45, 7) is 5.00. The SMILES string of the molecule is CC(C)(C)OC(=O)N[C@@H]1C[C@H](CO)[C@@H](O)[C@H]1O. The molecular formula is C11H21NO5. The molecule has 1 aliphatic rings. The lowest BCUT2D eigenvalue weighted by atomic mass is 10.1. The standard InChI is InChI=1S/C11H21NO5/c1-11(2,3)17-10(16)12-7-4-6(5-13)8(14)9(7)15/h6-9,13-15H,4-5H2,1-3H3,(H,12,16)/t6-,7-,8-,9+/m1/s1. The molecule has 4 N–H and O–H groups in total. The van der Waals surface area contributed by atoms with E-state index < -0.39 is 35.9 Å². The molecule has 1 aliphatic carbocycles. The number of aliphatic hydroxyl groups excluding tert-OH is 3. The molecule has 6 nitrogen and oxygen atoms in total. The van der Waals surface area contributed by atoms with E-state index in [1.54, 1.807) is 20.8 Å². The van der Waals surface area contributed by atoms with Crippen molar-refractivity contribution < 1.29 is 24.9 Å². The van der Waals surface area contributed by atoms with Crippen LogP contribution in [0.3, 0.4) is 0 Å².